The lowest BCUT2D eigenvalue weighted by Gasteiger charge is -2.14. The maximum absolute atomic E-state index is 10.7. The lowest BCUT2D eigenvalue weighted by atomic mass is 10.0. The SMILES string of the molecule is COc1cc(C(O)C(O)C#N)cc(C=O)c1O. The van der Waals surface area contributed by atoms with Crippen LogP contribution in [0.3, 0.4) is 0 Å². The molecule has 0 aliphatic rings. The molecule has 17 heavy (non-hydrogen) atoms. The number of methoxy groups -OCH3 is 1. The number of phenolic OH excluding ortho intramolecular Hbond substituents is 1. The van der Waals surface area contributed by atoms with Gasteiger partial charge in [0.15, 0.2) is 23.9 Å². The van der Waals surface area contributed by atoms with E-state index >= 15 is 0 Å². The molecule has 0 heterocycles. The topological polar surface area (TPSA) is 111 Å². The van der Waals surface area contributed by atoms with Crippen molar-refractivity contribution in [3.63, 3.8) is 0 Å². The number of aldehydes is 1. The van der Waals surface area contributed by atoms with Crippen LogP contribution < -0.4 is 4.74 Å². The van der Waals surface area contributed by atoms with E-state index in [9.17, 15) is 20.1 Å². The normalized spacial score (nSPS) is 13.5. The number of ether oxygens (including phenoxy) is 1. The molecule has 6 heteroatoms. The molecule has 6 nitrogen and oxygen atoms in total. The second kappa shape index (κ2) is 5.30. The molecule has 90 valence electrons. The minimum Gasteiger partial charge on any atom is -0.504 e. The van der Waals surface area contributed by atoms with Crippen molar-refractivity contribution in [3.05, 3.63) is 23.3 Å². The van der Waals surface area contributed by atoms with E-state index in [0.717, 1.165) is 0 Å². The van der Waals surface area contributed by atoms with Crippen LogP contribution in [0.1, 0.15) is 22.0 Å². The van der Waals surface area contributed by atoms with Crippen LogP contribution in [0.2, 0.25) is 0 Å². The average Bonchev–Trinajstić information content (AvgIpc) is 2.37. The number of rotatable bonds is 4. The number of carbonyl (C=O) groups is 1. The first-order valence-corrected chi connectivity index (χ1v) is 4.67. The summed E-state index contributed by atoms with van der Waals surface area (Å²) in [5, 5.41) is 36.8. The van der Waals surface area contributed by atoms with Crippen LogP contribution >= 0.6 is 0 Å². The molecule has 0 spiro atoms. The van der Waals surface area contributed by atoms with Crippen molar-refractivity contribution in [1.29, 1.82) is 5.26 Å². The number of nitrogens with zero attached hydrogens (tertiary/aromatic N) is 1. The van der Waals surface area contributed by atoms with E-state index in [4.69, 9.17) is 10.00 Å². The number of hydrogen-bond donors (Lipinski definition) is 3. The third kappa shape index (κ3) is 2.53. The van der Waals surface area contributed by atoms with Gasteiger partial charge in [0.1, 0.15) is 6.10 Å². The van der Waals surface area contributed by atoms with Gasteiger partial charge in [0.05, 0.1) is 18.7 Å². The summed E-state index contributed by atoms with van der Waals surface area (Å²) in [7, 11) is 1.28. The predicted octanol–water partition coefficient (Wildman–Crippen LogP) is 0.131. The number of nitriles is 1. The Kier molecular flexibility index (Phi) is 4.04. The van der Waals surface area contributed by atoms with Crippen molar-refractivity contribution in [2.24, 2.45) is 0 Å². The molecule has 0 radical (unpaired) electrons. The predicted molar refractivity (Wildman–Crippen MR) is 56.6 cm³/mol. The molecule has 1 rings (SSSR count). The molecule has 0 aromatic heterocycles. The Balaban J connectivity index is 3.27. The van der Waals surface area contributed by atoms with Gasteiger partial charge in [0.2, 0.25) is 0 Å². The van der Waals surface area contributed by atoms with Gasteiger partial charge in [-0.05, 0) is 17.7 Å². The molecule has 0 saturated carbocycles. The number of aliphatic hydroxyl groups excluding tert-OH is 2. The monoisotopic (exact) mass is 237 g/mol. The fraction of sp³-hybridized carbons (Fsp3) is 0.273. The van der Waals surface area contributed by atoms with Gasteiger partial charge in [0, 0.05) is 0 Å². The number of aromatic hydroxyl groups is 1. The molecular weight excluding hydrogens is 226 g/mol. The molecule has 0 aliphatic heterocycles. The van der Waals surface area contributed by atoms with E-state index in [-0.39, 0.29) is 22.6 Å². The van der Waals surface area contributed by atoms with Crippen molar-refractivity contribution >= 4 is 6.29 Å². The van der Waals surface area contributed by atoms with E-state index < -0.39 is 12.2 Å². The first-order chi connectivity index (χ1) is 8.04. The minimum atomic E-state index is -1.62. The fourth-order valence-electron chi connectivity index (χ4n) is 1.32. The molecule has 1 aromatic rings. The number of carbonyl (C=O) groups excluding carboxylic acids is 1. The summed E-state index contributed by atoms with van der Waals surface area (Å²) in [4.78, 5) is 10.7. The van der Waals surface area contributed by atoms with Gasteiger partial charge < -0.3 is 20.1 Å². The van der Waals surface area contributed by atoms with Crippen LogP contribution in [0.5, 0.6) is 11.5 Å². The van der Waals surface area contributed by atoms with Crippen molar-refractivity contribution in [2.45, 2.75) is 12.2 Å². The summed E-state index contributed by atoms with van der Waals surface area (Å²) in [5.74, 6) is -0.376. The Hall–Kier alpha value is -2.10. The average molecular weight is 237 g/mol. The van der Waals surface area contributed by atoms with E-state index in [0.29, 0.717) is 6.29 Å². The fourth-order valence-corrected chi connectivity index (χ4v) is 1.32. The minimum absolute atomic E-state index is 0.0196. The Morgan fingerprint density at radius 2 is 2.12 bits per heavy atom. The quantitative estimate of drug-likeness (QED) is 0.507. The lowest BCUT2D eigenvalue weighted by molar-refractivity contribution is 0.0525. The Morgan fingerprint density at radius 1 is 1.47 bits per heavy atom. The van der Waals surface area contributed by atoms with Gasteiger partial charge in [-0.3, -0.25) is 4.79 Å². The highest BCUT2D eigenvalue weighted by molar-refractivity contribution is 5.81. The van der Waals surface area contributed by atoms with Gasteiger partial charge in [-0.15, -0.1) is 0 Å². The molecule has 1 aromatic carbocycles. The zero-order chi connectivity index (χ0) is 13.0. The summed E-state index contributed by atoms with van der Waals surface area (Å²) in [6.45, 7) is 0. The zero-order valence-corrected chi connectivity index (χ0v) is 8.99. The summed E-state index contributed by atoms with van der Waals surface area (Å²) in [5.41, 5.74) is 0.0133. The number of aliphatic hydroxyl groups is 2. The molecule has 0 saturated heterocycles. The highest BCUT2D eigenvalue weighted by Crippen LogP contribution is 2.33. The van der Waals surface area contributed by atoms with E-state index in [1.807, 2.05) is 0 Å². The third-order valence-electron chi connectivity index (χ3n) is 2.25. The second-order valence-electron chi connectivity index (χ2n) is 3.30. The number of phenols is 1. The van der Waals surface area contributed by atoms with Crippen LogP contribution in [0.25, 0.3) is 0 Å². The first kappa shape index (κ1) is 13.0. The second-order valence-corrected chi connectivity index (χ2v) is 3.30. The molecule has 2 atom stereocenters. The van der Waals surface area contributed by atoms with Gasteiger partial charge >= 0.3 is 0 Å². The first-order valence-electron chi connectivity index (χ1n) is 4.67. The molecule has 0 bridgehead atoms. The van der Waals surface area contributed by atoms with Crippen LogP contribution in [0.15, 0.2) is 12.1 Å². The van der Waals surface area contributed by atoms with Crippen molar-refractivity contribution < 1.29 is 24.9 Å². The molecule has 0 amide bonds. The van der Waals surface area contributed by atoms with Crippen LogP contribution in [-0.2, 0) is 0 Å². The Bertz CT molecular complexity index is 466. The van der Waals surface area contributed by atoms with E-state index in [1.54, 1.807) is 0 Å². The lowest BCUT2D eigenvalue weighted by Crippen LogP contribution is -2.16. The Morgan fingerprint density at radius 3 is 2.59 bits per heavy atom. The van der Waals surface area contributed by atoms with Gasteiger partial charge in [-0.1, -0.05) is 0 Å². The standard InChI is InChI=1S/C11H11NO5/c1-17-9-3-6(10(15)8(14)4-12)2-7(5-13)11(9)16/h2-3,5,8,10,14-16H,1H3. The zero-order valence-electron chi connectivity index (χ0n) is 8.99. The number of benzene rings is 1. The van der Waals surface area contributed by atoms with E-state index in [1.165, 1.54) is 25.3 Å². The van der Waals surface area contributed by atoms with Crippen LogP contribution in [0, 0.1) is 11.3 Å². The smallest absolute Gasteiger partial charge is 0.170 e. The largest absolute Gasteiger partial charge is 0.504 e. The molecule has 2 unspecified atom stereocenters. The van der Waals surface area contributed by atoms with Gasteiger partial charge in [-0.25, -0.2) is 0 Å². The summed E-state index contributed by atoms with van der Waals surface area (Å²) >= 11 is 0. The maximum Gasteiger partial charge on any atom is 0.170 e. The molecule has 3 N–H and O–H groups in total. The van der Waals surface area contributed by atoms with Crippen LogP contribution in [0.4, 0.5) is 0 Å². The van der Waals surface area contributed by atoms with Crippen LogP contribution in [-0.4, -0.2) is 34.8 Å². The van der Waals surface area contributed by atoms with Gasteiger partial charge in [-0.2, -0.15) is 5.26 Å². The molecular formula is C11H11NO5. The highest BCUT2D eigenvalue weighted by Gasteiger charge is 2.21. The molecule has 0 aliphatic carbocycles. The number of hydrogen-bond acceptors (Lipinski definition) is 6. The third-order valence-corrected chi connectivity index (χ3v) is 2.25. The summed E-state index contributed by atoms with van der Waals surface area (Å²) in [6, 6.07) is 3.89. The Labute approximate surface area is 97.3 Å². The van der Waals surface area contributed by atoms with Crippen molar-refractivity contribution in [1.82, 2.24) is 0 Å². The van der Waals surface area contributed by atoms with Gasteiger partial charge in [0.25, 0.3) is 0 Å². The van der Waals surface area contributed by atoms with Crippen molar-refractivity contribution in [3.8, 4) is 17.6 Å². The summed E-state index contributed by atoms with van der Waals surface area (Å²) in [6.07, 6.45) is -2.72. The summed E-state index contributed by atoms with van der Waals surface area (Å²) < 4.78 is 4.81. The highest BCUT2D eigenvalue weighted by atomic mass is 16.5. The maximum atomic E-state index is 10.7. The van der Waals surface area contributed by atoms with E-state index in [2.05, 4.69) is 0 Å². The van der Waals surface area contributed by atoms with Crippen molar-refractivity contribution in [2.75, 3.05) is 7.11 Å². The molecule has 0 fully saturated rings.